The highest BCUT2D eigenvalue weighted by atomic mass is 19.1. The van der Waals surface area contributed by atoms with E-state index in [1.807, 2.05) is 6.07 Å². The average molecular weight is 346 g/mol. The number of aromatic nitrogens is 1. The predicted octanol–water partition coefficient (Wildman–Crippen LogP) is 3.78. The summed E-state index contributed by atoms with van der Waals surface area (Å²) in [7, 11) is 1.80. The summed E-state index contributed by atoms with van der Waals surface area (Å²) in [5.41, 5.74) is 3.24. The van der Waals surface area contributed by atoms with Gasteiger partial charge in [-0.3, -0.25) is 4.90 Å². The fraction of sp³-hybridized carbons (Fsp3) is 0.600. The van der Waals surface area contributed by atoms with Gasteiger partial charge >= 0.3 is 0 Å². The number of H-pyrrole nitrogens is 1. The van der Waals surface area contributed by atoms with Crippen molar-refractivity contribution in [3.8, 4) is 0 Å². The van der Waals surface area contributed by atoms with Gasteiger partial charge in [0.05, 0.1) is 11.7 Å². The molecular formula is C20H27FN2O2. The van der Waals surface area contributed by atoms with Crippen LogP contribution in [0, 0.1) is 12.7 Å². The van der Waals surface area contributed by atoms with E-state index in [9.17, 15) is 4.39 Å². The van der Waals surface area contributed by atoms with Crippen molar-refractivity contribution < 1.29 is 13.9 Å². The number of ether oxygens (including phenoxy) is 2. The SMILES string of the molecule is COC1CCCOC12CCN(Cc1c(C)[nH]c3ccc(F)cc13)CC2. The molecule has 1 aromatic heterocycles. The molecule has 136 valence electrons. The quantitative estimate of drug-likeness (QED) is 0.919. The highest BCUT2D eigenvalue weighted by Crippen LogP contribution is 2.37. The van der Waals surface area contributed by atoms with E-state index in [4.69, 9.17) is 9.47 Å². The monoisotopic (exact) mass is 346 g/mol. The first-order valence-electron chi connectivity index (χ1n) is 9.27. The number of hydrogen-bond donors (Lipinski definition) is 1. The number of piperidine rings is 1. The number of aromatic amines is 1. The Morgan fingerprint density at radius 1 is 1.36 bits per heavy atom. The van der Waals surface area contributed by atoms with Crippen LogP contribution in [0.4, 0.5) is 4.39 Å². The second-order valence-corrected chi connectivity index (χ2v) is 7.47. The molecule has 0 amide bonds. The van der Waals surface area contributed by atoms with E-state index in [2.05, 4.69) is 16.8 Å². The molecule has 1 aromatic carbocycles. The van der Waals surface area contributed by atoms with Crippen LogP contribution in [0.2, 0.25) is 0 Å². The lowest BCUT2D eigenvalue weighted by molar-refractivity contribution is -0.186. The lowest BCUT2D eigenvalue weighted by Crippen LogP contribution is -2.55. The van der Waals surface area contributed by atoms with E-state index in [1.54, 1.807) is 13.2 Å². The van der Waals surface area contributed by atoms with Gasteiger partial charge in [-0.25, -0.2) is 4.39 Å². The summed E-state index contributed by atoms with van der Waals surface area (Å²) in [4.78, 5) is 5.83. The van der Waals surface area contributed by atoms with Gasteiger partial charge in [0.2, 0.25) is 0 Å². The first kappa shape index (κ1) is 17.0. The van der Waals surface area contributed by atoms with Crippen LogP contribution < -0.4 is 0 Å². The van der Waals surface area contributed by atoms with Gasteiger partial charge in [-0.05, 0) is 56.4 Å². The number of benzene rings is 1. The number of halogens is 1. The molecular weight excluding hydrogens is 319 g/mol. The molecule has 0 radical (unpaired) electrons. The van der Waals surface area contributed by atoms with Crippen LogP contribution in [-0.2, 0) is 16.0 Å². The van der Waals surface area contributed by atoms with E-state index in [-0.39, 0.29) is 17.5 Å². The van der Waals surface area contributed by atoms with Gasteiger partial charge in [-0.15, -0.1) is 0 Å². The van der Waals surface area contributed by atoms with Crippen molar-refractivity contribution in [1.82, 2.24) is 9.88 Å². The molecule has 2 saturated heterocycles. The lowest BCUT2D eigenvalue weighted by atomic mass is 9.81. The molecule has 5 heteroatoms. The predicted molar refractivity (Wildman–Crippen MR) is 96.2 cm³/mol. The van der Waals surface area contributed by atoms with Crippen molar-refractivity contribution in [2.24, 2.45) is 0 Å². The minimum atomic E-state index is -0.177. The second kappa shape index (κ2) is 6.71. The van der Waals surface area contributed by atoms with E-state index in [0.29, 0.717) is 0 Å². The van der Waals surface area contributed by atoms with Gasteiger partial charge in [0.15, 0.2) is 0 Å². The smallest absolute Gasteiger partial charge is 0.123 e. The van der Waals surface area contributed by atoms with Crippen molar-refractivity contribution in [2.75, 3.05) is 26.8 Å². The highest BCUT2D eigenvalue weighted by molar-refractivity contribution is 5.84. The molecule has 3 heterocycles. The Morgan fingerprint density at radius 2 is 2.16 bits per heavy atom. The number of nitrogens with one attached hydrogen (secondary N) is 1. The molecule has 4 nitrogen and oxygen atoms in total. The number of methoxy groups -OCH3 is 1. The van der Waals surface area contributed by atoms with Gasteiger partial charge in [0.25, 0.3) is 0 Å². The van der Waals surface area contributed by atoms with Crippen molar-refractivity contribution in [2.45, 2.75) is 50.9 Å². The number of rotatable bonds is 3. The Kier molecular flexibility index (Phi) is 4.56. The Balaban J connectivity index is 1.49. The summed E-state index contributed by atoms with van der Waals surface area (Å²) in [6.45, 7) is 5.75. The number of aryl methyl sites for hydroxylation is 1. The first-order chi connectivity index (χ1) is 12.1. The molecule has 0 aliphatic carbocycles. The number of nitrogens with zero attached hydrogens (tertiary/aromatic N) is 1. The summed E-state index contributed by atoms with van der Waals surface area (Å²) in [6, 6.07) is 4.98. The van der Waals surface area contributed by atoms with E-state index >= 15 is 0 Å². The summed E-state index contributed by atoms with van der Waals surface area (Å²) < 4.78 is 25.6. The van der Waals surface area contributed by atoms with Crippen molar-refractivity contribution >= 4 is 10.9 Å². The standard InChI is InChI=1S/C20H27FN2O2/c1-14-17(16-12-15(21)5-6-18(16)22-14)13-23-9-7-20(8-10-23)19(24-2)4-3-11-25-20/h5-6,12,19,22H,3-4,7-11,13H2,1-2H3. The minimum absolute atomic E-state index is 0.106. The van der Waals surface area contributed by atoms with Crippen LogP contribution in [0.1, 0.15) is 36.9 Å². The first-order valence-corrected chi connectivity index (χ1v) is 9.27. The molecule has 2 aliphatic rings. The summed E-state index contributed by atoms with van der Waals surface area (Å²) in [6.07, 6.45) is 4.40. The van der Waals surface area contributed by atoms with Gasteiger partial charge in [-0.2, -0.15) is 0 Å². The molecule has 4 rings (SSSR count). The highest BCUT2D eigenvalue weighted by Gasteiger charge is 2.44. The van der Waals surface area contributed by atoms with Crippen LogP contribution in [0.25, 0.3) is 10.9 Å². The maximum Gasteiger partial charge on any atom is 0.123 e. The van der Waals surface area contributed by atoms with Crippen molar-refractivity contribution in [3.05, 3.63) is 35.3 Å². The van der Waals surface area contributed by atoms with E-state index < -0.39 is 0 Å². The minimum Gasteiger partial charge on any atom is -0.378 e. The maximum atomic E-state index is 13.7. The molecule has 2 aliphatic heterocycles. The fourth-order valence-corrected chi connectivity index (χ4v) is 4.57. The average Bonchev–Trinajstić information content (AvgIpc) is 2.92. The Labute approximate surface area is 148 Å². The van der Waals surface area contributed by atoms with Crippen LogP contribution in [-0.4, -0.2) is 48.4 Å². The number of hydrogen-bond acceptors (Lipinski definition) is 3. The number of fused-ring (bicyclic) bond motifs is 1. The van der Waals surface area contributed by atoms with Crippen LogP contribution in [0.15, 0.2) is 18.2 Å². The van der Waals surface area contributed by atoms with Gasteiger partial charge in [0.1, 0.15) is 5.82 Å². The van der Waals surface area contributed by atoms with E-state index in [1.165, 1.54) is 11.6 Å². The maximum absolute atomic E-state index is 13.7. The topological polar surface area (TPSA) is 37.5 Å². The van der Waals surface area contributed by atoms with Crippen LogP contribution in [0.3, 0.4) is 0 Å². The molecule has 0 saturated carbocycles. The Bertz CT molecular complexity index is 749. The normalized spacial score (nSPS) is 24.2. The molecule has 1 unspecified atom stereocenters. The van der Waals surface area contributed by atoms with Crippen LogP contribution >= 0.6 is 0 Å². The third-order valence-electron chi connectivity index (χ3n) is 6.04. The van der Waals surface area contributed by atoms with Crippen LogP contribution in [0.5, 0.6) is 0 Å². The molecule has 1 atom stereocenters. The zero-order valence-electron chi connectivity index (χ0n) is 15.1. The summed E-state index contributed by atoms with van der Waals surface area (Å²) in [5, 5.41) is 1.00. The largest absolute Gasteiger partial charge is 0.378 e. The van der Waals surface area contributed by atoms with Crippen molar-refractivity contribution in [1.29, 1.82) is 0 Å². The summed E-state index contributed by atoms with van der Waals surface area (Å²) >= 11 is 0. The second-order valence-electron chi connectivity index (χ2n) is 7.47. The Morgan fingerprint density at radius 3 is 2.92 bits per heavy atom. The number of likely N-dealkylation sites (tertiary alicyclic amines) is 1. The zero-order valence-corrected chi connectivity index (χ0v) is 15.1. The molecule has 0 bridgehead atoms. The van der Waals surface area contributed by atoms with E-state index in [0.717, 1.165) is 68.5 Å². The third kappa shape index (κ3) is 3.09. The molecule has 2 aromatic rings. The fourth-order valence-electron chi connectivity index (χ4n) is 4.57. The molecule has 1 spiro atoms. The lowest BCUT2D eigenvalue weighted by Gasteiger charge is -2.48. The van der Waals surface area contributed by atoms with Gasteiger partial charge in [-0.1, -0.05) is 0 Å². The summed E-state index contributed by atoms with van der Waals surface area (Å²) in [5.74, 6) is -0.177. The zero-order chi connectivity index (χ0) is 17.4. The molecule has 25 heavy (non-hydrogen) atoms. The van der Waals surface area contributed by atoms with Gasteiger partial charge in [0, 0.05) is 49.9 Å². The molecule has 2 fully saturated rings. The van der Waals surface area contributed by atoms with Crippen molar-refractivity contribution in [3.63, 3.8) is 0 Å². The third-order valence-corrected chi connectivity index (χ3v) is 6.04. The molecule has 1 N–H and O–H groups in total. The Hall–Kier alpha value is -1.43. The van der Waals surface area contributed by atoms with Gasteiger partial charge < -0.3 is 14.5 Å².